The summed E-state index contributed by atoms with van der Waals surface area (Å²) < 4.78 is 1.74. The average Bonchev–Trinajstić information content (AvgIpc) is 2.75. The number of aryl methyl sites for hydroxylation is 1. The summed E-state index contributed by atoms with van der Waals surface area (Å²) in [5.41, 5.74) is 2.64. The van der Waals surface area contributed by atoms with Crippen molar-refractivity contribution in [2.75, 3.05) is 12.4 Å². The fourth-order valence-electron chi connectivity index (χ4n) is 2.81. The van der Waals surface area contributed by atoms with Gasteiger partial charge < -0.3 is 5.32 Å². The lowest BCUT2D eigenvalue weighted by molar-refractivity contribution is -0.134. The Hall–Kier alpha value is -2.37. The van der Waals surface area contributed by atoms with Gasteiger partial charge >= 0.3 is 0 Å². The van der Waals surface area contributed by atoms with Gasteiger partial charge in [-0.05, 0) is 12.5 Å². The van der Waals surface area contributed by atoms with Gasteiger partial charge in [0.2, 0.25) is 11.8 Å². The van der Waals surface area contributed by atoms with Crippen LogP contribution in [0.2, 0.25) is 0 Å². The summed E-state index contributed by atoms with van der Waals surface area (Å²) in [5.74, 6) is -0.760. The van der Waals surface area contributed by atoms with Crippen LogP contribution >= 0.6 is 0 Å². The van der Waals surface area contributed by atoms with Crippen LogP contribution in [-0.4, -0.2) is 28.6 Å². The first kappa shape index (κ1) is 12.7. The van der Waals surface area contributed by atoms with Crippen LogP contribution in [0, 0.1) is 0 Å². The Labute approximate surface area is 116 Å². The summed E-state index contributed by atoms with van der Waals surface area (Å²) in [6.45, 7) is 0. The van der Waals surface area contributed by atoms with Gasteiger partial charge in [0.25, 0.3) is 0 Å². The molecule has 0 saturated carbocycles. The number of piperidine rings is 1. The lowest BCUT2D eigenvalue weighted by Gasteiger charge is -2.21. The normalized spacial score (nSPS) is 19.2. The Morgan fingerprint density at radius 3 is 2.90 bits per heavy atom. The highest BCUT2D eigenvalue weighted by Gasteiger charge is 2.32. The predicted molar refractivity (Wildman–Crippen MR) is 75.4 cm³/mol. The summed E-state index contributed by atoms with van der Waals surface area (Å²) in [4.78, 5) is 23.3. The largest absolute Gasteiger partial charge is 0.386 e. The maximum atomic E-state index is 12.1. The van der Waals surface area contributed by atoms with Crippen molar-refractivity contribution in [2.24, 2.45) is 7.05 Å². The zero-order valence-electron chi connectivity index (χ0n) is 11.4. The molecule has 6 nitrogen and oxygen atoms in total. The van der Waals surface area contributed by atoms with Crippen LogP contribution in [0.1, 0.15) is 24.5 Å². The molecule has 2 amide bonds. The molecule has 1 unspecified atom stereocenters. The number of hydrogen-bond acceptors (Lipinski definition) is 4. The van der Waals surface area contributed by atoms with E-state index in [0.717, 1.165) is 22.3 Å². The zero-order valence-corrected chi connectivity index (χ0v) is 11.4. The van der Waals surface area contributed by atoms with E-state index in [2.05, 4.69) is 15.7 Å². The van der Waals surface area contributed by atoms with Crippen molar-refractivity contribution in [3.63, 3.8) is 0 Å². The number of amides is 2. The van der Waals surface area contributed by atoms with Gasteiger partial charge in [-0.15, -0.1) is 0 Å². The number of carbonyl (C=O) groups excluding carboxylic acids is 2. The summed E-state index contributed by atoms with van der Waals surface area (Å²) in [6, 6.07) is 5.84. The highest BCUT2D eigenvalue weighted by molar-refractivity contribution is 6.03. The maximum Gasteiger partial charge on any atom is 0.235 e. The van der Waals surface area contributed by atoms with Crippen LogP contribution in [0.25, 0.3) is 10.9 Å². The molecule has 1 aliphatic rings. The molecule has 2 heterocycles. The Morgan fingerprint density at radius 1 is 1.40 bits per heavy atom. The van der Waals surface area contributed by atoms with Crippen molar-refractivity contribution in [1.29, 1.82) is 0 Å². The van der Waals surface area contributed by atoms with Gasteiger partial charge in [0, 0.05) is 25.9 Å². The quantitative estimate of drug-likeness (QED) is 0.804. The minimum Gasteiger partial charge on any atom is -0.386 e. The van der Waals surface area contributed by atoms with Crippen molar-refractivity contribution in [2.45, 2.75) is 18.8 Å². The van der Waals surface area contributed by atoms with E-state index in [9.17, 15) is 9.59 Å². The highest BCUT2D eigenvalue weighted by atomic mass is 16.2. The minimum absolute atomic E-state index is 0.200. The molecule has 2 N–H and O–H groups in total. The molecule has 0 radical (unpaired) electrons. The minimum atomic E-state index is -0.324. The Kier molecular flexibility index (Phi) is 2.93. The lowest BCUT2D eigenvalue weighted by Crippen LogP contribution is -2.40. The molecule has 20 heavy (non-hydrogen) atoms. The van der Waals surface area contributed by atoms with E-state index in [1.165, 1.54) is 0 Å². The van der Waals surface area contributed by atoms with Crippen LogP contribution in [0.4, 0.5) is 5.69 Å². The van der Waals surface area contributed by atoms with Crippen LogP contribution < -0.4 is 10.6 Å². The molecule has 0 bridgehead atoms. The van der Waals surface area contributed by atoms with Crippen molar-refractivity contribution in [1.82, 2.24) is 15.1 Å². The summed E-state index contributed by atoms with van der Waals surface area (Å²) in [5, 5.41) is 11.0. The Bertz CT molecular complexity index is 705. The third-order valence-electron chi connectivity index (χ3n) is 3.75. The van der Waals surface area contributed by atoms with Crippen LogP contribution in [0.5, 0.6) is 0 Å². The molecular formula is C14H16N4O2. The maximum absolute atomic E-state index is 12.1. The zero-order chi connectivity index (χ0) is 14.3. The number of carbonyl (C=O) groups is 2. The number of aromatic nitrogens is 2. The molecule has 1 saturated heterocycles. The number of imide groups is 1. The molecule has 0 spiro atoms. The summed E-state index contributed by atoms with van der Waals surface area (Å²) >= 11 is 0. The molecule has 1 aromatic carbocycles. The smallest absolute Gasteiger partial charge is 0.235 e. The van der Waals surface area contributed by atoms with Crippen molar-refractivity contribution < 1.29 is 9.59 Å². The molecule has 1 atom stereocenters. The molecule has 1 aliphatic heterocycles. The third-order valence-corrected chi connectivity index (χ3v) is 3.75. The van der Waals surface area contributed by atoms with Crippen molar-refractivity contribution in [3.05, 3.63) is 23.9 Å². The van der Waals surface area contributed by atoms with E-state index in [0.29, 0.717) is 12.8 Å². The number of hydrogen-bond donors (Lipinski definition) is 2. The first-order chi connectivity index (χ1) is 9.61. The Morgan fingerprint density at radius 2 is 2.20 bits per heavy atom. The van der Waals surface area contributed by atoms with Gasteiger partial charge in [-0.25, -0.2) is 0 Å². The molecule has 3 rings (SSSR count). The number of nitrogens with one attached hydrogen (secondary N) is 2. The van der Waals surface area contributed by atoms with E-state index in [1.807, 2.05) is 32.3 Å². The molecular weight excluding hydrogens is 256 g/mol. The van der Waals surface area contributed by atoms with Gasteiger partial charge in [-0.2, -0.15) is 5.10 Å². The number of rotatable bonds is 2. The van der Waals surface area contributed by atoms with Gasteiger partial charge in [0.15, 0.2) is 0 Å². The first-order valence-electron chi connectivity index (χ1n) is 6.59. The standard InChI is InChI=1S/C14H16N4O2/c1-15-10-5-3-4-8-12(10)17-18(2)13(8)9-6-7-11(19)16-14(9)20/h3-5,9,15H,6-7H2,1-2H3,(H,16,19,20). The van der Waals surface area contributed by atoms with Crippen molar-refractivity contribution in [3.8, 4) is 0 Å². The molecule has 1 aromatic heterocycles. The van der Waals surface area contributed by atoms with Gasteiger partial charge in [-0.1, -0.05) is 12.1 Å². The van der Waals surface area contributed by atoms with Gasteiger partial charge in [0.05, 0.1) is 17.3 Å². The van der Waals surface area contributed by atoms with Crippen LogP contribution in [0.3, 0.4) is 0 Å². The van der Waals surface area contributed by atoms with E-state index in [-0.39, 0.29) is 17.7 Å². The molecule has 1 fully saturated rings. The van der Waals surface area contributed by atoms with Gasteiger partial charge in [0.1, 0.15) is 5.52 Å². The second-order valence-corrected chi connectivity index (χ2v) is 4.96. The second-order valence-electron chi connectivity index (χ2n) is 4.96. The molecule has 104 valence electrons. The van der Waals surface area contributed by atoms with E-state index in [1.54, 1.807) is 4.68 Å². The van der Waals surface area contributed by atoms with E-state index < -0.39 is 0 Å². The van der Waals surface area contributed by atoms with Gasteiger partial charge in [-0.3, -0.25) is 19.6 Å². The van der Waals surface area contributed by atoms with Crippen LogP contribution in [-0.2, 0) is 16.6 Å². The summed E-state index contributed by atoms with van der Waals surface area (Å²) in [6.07, 6.45) is 0.901. The van der Waals surface area contributed by atoms with E-state index in [4.69, 9.17) is 0 Å². The Balaban J connectivity index is 2.14. The molecule has 6 heteroatoms. The highest BCUT2D eigenvalue weighted by Crippen LogP contribution is 2.33. The molecule has 0 aliphatic carbocycles. The second kappa shape index (κ2) is 4.63. The topological polar surface area (TPSA) is 76.0 Å². The first-order valence-corrected chi connectivity index (χ1v) is 6.59. The number of benzene rings is 1. The third kappa shape index (κ3) is 1.84. The SMILES string of the molecule is CNc1cccc2c(C3CCC(=O)NC3=O)n(C)nc12. The lowest BCUT2D eigenvalue weighted by atomic mass is 9.92. The fraction of sp³-hybridized carbons (Fsp3) is 0.357. The number of nitrogens with zero attached hydrogens (tertiary/aromatic N) is 2. The van der Waals surface area contributed by atoms with Crippen molar-refractivity contribution >= 4 is 28.4 Å². The summed E-state index contributed by atoms with van der Waals surface area (Å²) in [7, 11) is 3.67. The predicted octanol–water partition coefficient (Wildman–Crippen LogP) is 1.14. The van der Waals surface area contributed by atoms with E-state index >= 15 is 0 Å². The average molecular weight is 272 g/mol. The monoisotopic (exact) mass is 272 g/mol. The number of anilines is 1. The number of fused-ring (bicyclic) bond motifs is 1. The molecule has 2 aromatic rings. The fourth-order valence-corrected chi connectivity index (χ4v) is 2.81. The van der Waals surface area contributed by atoms with Crippen LogP contribution in [0.15, 0.2) is 18.2 Å².